The van der Waals surface area contributed by atoms with Crippen LogP contribution in [0.2, 0.25) is 0 Å². The predicted octanol–water partition coefficient (Wildman–Crippen LogP) is 2.08. The highest BCUT2D eigenvalue weighted by molar-refractivity contribution is 5.08. The van der Waals surface area contributed by atoms with Gasteiger partial charge in [-0.05, 0) is 51.9 Å². The van der Waals surface area contributed by atoms with Crippen LogP contribution in [0.1, 0.15) is 46.5 Å². The molecule has 1 aliphatic rings. The van der Waals surface area contributed by atoms with Gasteiger partial charge >= 0.3 is 0 Å². The van der Waals surface area contributed by atoms with E-state index in [0.717, 1.165) is 58.5 Å². The van der Waals surface area contributed by atoms with Gasteiger partial charge in [-0.1, -0.05) is 20.8 Å². The molecule has 0 aromatic heterocycles. The van der Waals surface area contributed by atoms with Crippen LogP contribution in [-0.4, -0.2) is 61.2 Å². The number of nitrogens with zero attached hydrogens (tertiary/aromatic N) is 3. The molecule has 1 N–H and O–H groups in total. The van der Waals surface area contributed by atoms with Gasteiger partial charge in [0.25, 0.3) is 0 Å². The quantitative estimate of drug-likeness (QED) is 0.739. The second-order valence-corrected chi connectivity index (χ2v) is 5.84. The van der Waals surface area contributed by atoms with Crippen molar-refractivity contribution in [2.24, 2.45) is 0 Å². The fourth-order valence-corrected chi connectivity index (χ4v) is 3.05. The summed E-state index contributed by atoms with van der Waals surface area (Å²) in [6.07, 6.45) is 4.28. The number of nitrogens with one attached hydrogen (secondary N) is 1. The maximum absolute atomic E-state index is 9.62. The highest BCUT2D eigenvalue weighted by Crippen LogP contribution is 2.21. The van der Waals surface area contributed by atoms with Gasteiger partial charge in [0.05, 0.1) is 6.07 Å². The van der Waals surface area contributed by atoms with Gasteiger partial charge in [0.15, 0.2) is 0 Å². The molecule has 4 nitrogen and oxygen atoms in total. The molecular formula is C16H32N4. The van der Waals surface area contributed by atoms with E-state index in [1.807, 2.05) is 0 Å². The van der Waals surface area contributed by atoms with Crippen molar-refractivity contribution in [1.82, 2.24) is 15.1 Å². The van der Waals surface area contributed by atoms with Gasteiger partial charge in [0.1, 0.15) is 5.54 Å². The van der Waals surface area contributed by atoms with E-state index in [1.54, 1.807) is 0 Å². The third-order valence-electron chi connectivity index (χ3n) is 4.47. The minimum Gasteiger partial charge on any atom is -0.303 e. The number of hydrogen-bond donors (Lipinski definition) is 1. The summed E-state index contributed by atoms with van der Waals surface area (Å²) >= 11 is 0. The maximum atomic E-state index is 9.62. The van der Waals surface area contributed by atoms with E-state index in [9.17, 15) is 5.26 Å². The molecule has 0 aliphatic carbocycles. The highest BCUT2D eigenvalue weighted by Gasteiger charge is 2.31. The topological polar surface area (TPSA) is 42.3 Å². The smallest absolute Gasteiger partial charge is 0.108 e. The molecule has 0 bridgehead atoms. The van der Waals surface area contributed by atoms with Crippen LogP contribution in [0.5, 0.6) is 0 Å². The van der Waals surface area contributed by atoms with Gasteiger partial charge in [-0.15, -0.1) is 0 Å². The van der Waals surface area contributed by atoms with Crippen molar-refractivity contribution in [2.75, 3.05) is 45.8 Å². The Morgan fingerprint density at radius 2 is 1.95 bits per heavy atom. The SMILES string of the molecule is CCCN1CCCC(C#N)(NCCN(CC)CC)CC1. The van der Waals surface area contributed by atoms with E-state index >= 15 is 0 Å². The molecule has 1 aliphatic heterocycles. The van der Waals surface area contributed by atoms with Crippen molar-refractivity contribution in [2.45, 2.75) is 52.0 Å². The third-order valence-corrected chi connectivity index (χ3v) is 4.47. The highest BCUT2D eigenvalue weighted by atomic mass is 15.2. The standard InChI is InChI=1S/C16H32N4/c1-4-11-20-12-7-8-16(15-17,9-13-20)18-10-14-19(5-2)6-3/h18H,4-14H2,1-3H3. The van der Waals surface area contributed by atoms with E-state index in [-0.39, 0.29) is 5.54 Å². The van der Waals surface area contributed by atoms with Gasteiger partial charge in [-0.2, -0.15) is 5.26 Å². The molecular weight excluding hydrogens is 248 g/mol. The molecule has 20 heavy (non-hydrogen) atoms. The first-order valence-electron chi connectivity index (χ1n) is 8.30. The van der Waals surface area contributed by atoms with Gasteiger partial charge < -0.3 is 9.80 Å². The molecule has 0 aromatic carbocycles. The molecule has 0 radical (unpaired) electrons. The summed E-state index contributed by atoms with van der Waals surface area (Å²) in [5, 5.41) is 13.2. The Labute approximate surface area is 125 Å². The van der Waals surface area contributed by atoms with E-state index in [1.165, 1.54) is 13.0 Å². The lowest BCUT2D eigenvalue weighted by atomic mass is 9.92. The fourth-order valence-electron chi connectivity index (χ4n) is 3.05. The van der Waals surface area contributed by atoms with E-state index in [4.69, 9.17) is 0 Å². The average Bonchev–Trinajstić information content (AvgIpc) is 2.68. The molecule has 1 atom stereocenters. The van der Waals surface area contributed by atoms with Crippen molar-refractivity contribution < 1.29 is 0 Å². The molecule has 116 valence electrons. The number of likely N-dealkylation sites (tertiary alicyclic amines) is 1. The van der Waals surface area contributed by atoms with E-state index in [0.29, 0.717) is 0 Å². The summed E-state index contributed by atoms with van der Waals surface area (Å²) in [5.41, 5.74) is -0.296. The predicted molar refractivity (Wildman–Crippen MR) is 84.7 cm³/mol. The van der Waals surface area contributed by atoms with Crippen LogP contribution in [0.3, 0.4) is 0 Å². The Kier molecular flexibility index (Phi) is 8.13. The molecule has 0 spiro atoms. The van der Waals surface area contributed by atoms with Crippen LogP contribution in [0.4, 0.5) is 0 Å². The molecule has 1 fully saturated rings. The number of nitriles is 1. The summed E-state index contributed by atoms with van der Waals surface area (Å²) in [5.74, 6) is 0. The Morgan fingerprint density at radius 1 is 1.20 bits per heavy atom. The van der Waals surface area contributed by atoms with Crippen LogP contribution in [0, 0.1) is 11.3 Å². The second-order valence-electron chi connectivity index (χ2n) is 5.84. The Hall–Kier alpha value is -0.630. The molecule has 0 saturated carbocycles. The molecule has 1 unspecified atom stereocenters. The van der Waals surface area contributed by atoms with Crippen molar-refractivity contribution in [3.63, 3.8) is 0 Å². The molecule has 1 heterocycles. The van der Waals surface area contributed by atoms with E-state index in [2.05, 4.69) is 42.0 Å². The number of hydrogen-bond acceptors (Lipinski definition) is 4. The normalized spacial score (nSPS) is 24.6. The van der Waals surface area contributed by atoms with Crippen molar-refractivity contribution in [1.29, 1.82) is 5.26 Å². The third kappa shape index (κ3) is 5.40. The summed E-state index contributed by atoms with van der Waals surface area (Å²) in [4.78, 5) is 4.91. The first kappa shape index (κ1) is 17.4. The number of rotatable bonds is 8. The summed E-state index contributed by atoms with van der Waals surface area (Å²) < 4.78 is 0. The summed E-state index contributed by atoms with van der Waals surface area (Å²) in [6, 6.07) is 2.57. The van der Waals surface area contributed by atoms with E-state index < -0.39 is 0 Å². The zero-order chi connectivity index (χ0) is 14.8. The Balaban J connectivity index is 2.45. The monoisotopic (exact) mass is 280 g/mol. The first-order chi connectivity index (χ1) is 9.69. The molecule has 0 aromatic rings. The zero-order valence-corrected chi connectivity index (χ0v) is 13.6. The zero-order valence-electron chi connectivity index (χ0n) is 13.6. The first-order valence-corrected chi connectivity index (χ1v) is 8.30. The minimum absolute atomic E-state index is 0.296. The van der Waals surface area contributed by atoms with Crippen LogP contribution in [0.15, 0.2) is 0 Å². The lowest BCUT2D eigenvalue weighted by Crippen LogP contribution is -2.47. The second kappa shape index (κ2) is 9.33. The maximum Gasteiger partial charge on any atom is 0.108 e. The lowest BCUT2D eigenvalue weighted by molar-refractivity contribution is 0.263. The van der Waals surface area contributed by atoms with Gasteiger partial charge in [0, 0.05) is 19.6 Å². The van der Waals surface area contributed by atoms with Crippen molar-refractivity contribution >= 4 is 0 Å². The summed E-state index contributed by atoms with van der Waals surface area (Å²) in [7, 11) is 0. The molecule has 1 rings (SSSR count). The van der Waals surface area contributed by atoms with Crippen LogP contribution < -0.4 is 5.32 Å². The molecule has 1 saturated heterocycles. The fraction of sp³-hybridized carbons (Fsp3) is 0.938. The Bertz CT molecular complexity index is 295. The van der Waals surface area contributed by atoms with Crippen LogP contribution in [0.25, 0.3) is 0 Å². The van der Waals surface area contributed by atoms with Crippen LogP contribution in [-0.2, 0) is 0 Å². The van der Waals surface area contributed by atoms with Crippen molar-refractivity contribution in [3.8, 4) is 6.07 Å². The van der Waals surface area contributed by atoms with Gasteiger partial charge in [-0.25, -0.2) is 0 Å². The largest absolute Gasteiger partial charge is 0.303 e. The molecule has 4 heteroatoms. The molecule has 0 amide bonds. The van der Waals surface area contributed by atoms with Crippen molar-refractivity contribution in [3.05, 3.63) is 0 Å². The lowest BCUT2D eigenvalue weighted by Gasteiger charge is -2.28. The Morgan fingerprint density at radius 3 is 2.55 bits per heavy atom. The van der Waals surface area contributed by atoms with Gasteiger partial charge in [0.2, 0.25) is 0 Å². The van der Waals surface area contributed by atoms with Gasteiger partial charge in [-0.3, -0.25) is 5.32 Å². The minimum atomic E-state index is -0.296. The average molecular weight is 280 g/mol. The van der Waals surface area contributed by atoms with Crippen LogP contribution >= 0.6 is 0 Å². The summed E-state index contributed by atoms with van der Waals surface area (Å²) in [6.45, 7) is 14.1. The number of likely N-dealkylation sites (N-methyl/N-ethyl adjacent to an activating group) is 1.